The zero-order valence-electron chi connectivity index (χ0n) is 12.2. The van der Waals surface area contributed by atoms with Gasteiger partial charge < -0.3 is 4.74 Å². The lowest BCUT2D eigenvalue weighted by Crippen LogP contribution is -2.43. The Balaban J connectivity index is 1.75. The third kappa shape index (κ3) is 3.34. The lowest BCUT2D eigenvalue weighted by Gasteiger charge is -2.34. The van der Waals surface area contributed by atoms with Gasteiger partial charge in [0.15, 0.2) is 0 Å². The zero-order valence-corrected chi connectivity index (χ0v) is 12.2. The highest BCUT2D eigenvalue weighted by Crippen LogP contribution is 2.25. The van der Waals surface area contributed by atoms with Crippen LogP contribution in [0.1, 0.15) is 17.2 Å². The average Bonchev–Trinajstić information content (AvgIpc) is 2.55. The van der Waals surface area contributed by atoms with E-state index >= 15 is 0 Å². The summed E-state index contributed by atoms with van der Waals surface area (Å²) < 4.78 is 18.3. The summed E-state index contributed by atoms with van der Waals surface area (Å²) in [6.45, 7) is 1.87. The number of carbonyl (C=O) groups excluding carboxylic acids is 1. The van der Waals surface area contributed by atoms with Crippen molar-refractivity contribution in [2.24, 2.45) is 0 Å². The van der Waals surface area contributed by atoms with E-state index in [1.54, 1.807) is 12.1 Å². The molecule has 1 atom stereocenters. The molecule has 0 aliphatic carbocycles. The largest absolute Gasteiger partial charge is 0.463 e. The number of hydrogen-bond donors (Lipinski definition) is 0. The summed E-state index contributed by atoms with van der Waals surface area (Å²) in [5.41, 5.74) is 2.01. The molecule has 0 radical (unpaired) electrons. The van der Waals surface area contributed by atoms with E-state index in [4.69, 9.17) is 4.74 Å². The smallest absolute Gasteiger partial charge is 0.328 e. The molecular formula is C18H18FNO2. The van der Waals surface area contributed by atoms with Gasteiger partial charge in [0.25, 0.3) is 0 Å². The van der Waals surface area contributed by atoms with Gasteiger partial charge in [-0.1, -0.05) is 42.5 Å². The molecule has 3 rings (SSSR count). The van der Waals surface area contributed by atoms with Crippen molar-refractivity contribution in [2.45, 2.75) is 12.5 Å². The first-order valence-electron chi connectivity index (χ1n) is 7.44. The Morgan fingerprint density at radius 1 is 1.09 bits per heavy atom. The molecule has 3 nitrogen and oxygen atoms in total. The van der Waals surface area contributed by atoms with Gasteiger partial charge in [-0.05, 0) is 29.7 Å². The quantitative estimate of drug-likeness (QED) is 0.813. The Morgan fingerprint density at radius 3 is 2.55 bits per heavy atom. The lowest BCUT2D eigenvalue weighted by atomic mass is 10.0. The second-order valence-electron chi connectivity index (χ2n) is 5.39. The minimum Gasteiger partial charge on any atom is -0.463 e. The topological polar surface area (TPSA) is 29.5 Å². The molecular weight excluding hydrogens is 281 g/mol. The normalized spacial score (nSPS) is 19.0. The van der Waals surface area contributed by atoms with Crippen LogP contribution in [0.2, 0.25) is 0 Å². The first kappa shape index (κ1) is 14.7. The standard InChI is InChI=1S/C18H18FNO2/c19-16-8-6-15(7-9-16)17-18(21)22-13-12-20(17)11-10-14-4-2-1-3-5-14/h1-9,17H,10-13H2/t17-/m1/s1. The molecule has 1 saturated heterocycles. The van der Waals surface area contributed by atoms with Crippen molar-refractivity contribution in [3.8, 4) is 0 Å². The fourth-order valence-corrected chi connectivity index (χ4v) is 2.77. The highest BCUT2D eigenvalue weighted by Gasteiger charge is 2.32. The maximum atomic E-state index is 13.1. The molecule has 0 amide bonds. The summed E-state index contributed by atoms with van der Waals surface area (Å²) in [7, 11) is 0. The average molecular weight is 299 g/mol. The molecule has 0 unspecified atom stereocenters. The van der Waals surface area contributed by atoms with E-state index in [9.17, 15) is 9.18 Å². The number of nitrogens with zero attached hydrogens (tertiary/aromatic N) is 1. The predicted octanol–water partition coefficient (Wildman–Crippen LogP) is 2.97. The molecule has 1 fully saturated rings. The number of carbonyl (C=O) groups is 1. The molecule has 22 heavy (non-hydrogen) atoms. The highest BCUT2D eigenvalue weighted by molar-refractivity contribution is 5.78. The Hall–Kier alpha value is -2.20. The van der Waals surface area contributed by atoms with Gasteiger partial charge in [0.1, 0.15) is 18.5 Å². The first-order valence-corrected chi connectivity index (χ1v) is 7.44. The van der Waals surface area contributed by atoms with E-state index in [0.29, 0.717) is 13.2 Å². The predicted molar refractivity (Wildman–Crippen MR) is 81.8 cm³/mol. The van der Waals surface area contributed by atoms with E-state index in [-0.39, 0.29) is 11.8 Å². The van der Waals surface area contributed by atoms with Crippen LogP contribution < -0.4 is 0 Å². The zero-order chi connectivity index (χ0) is 15.4. The van der Waals surface area contributed by atoms with Crippen molar-refractivity contribution in [3.63, 3.8) is 0 Å². The fraction of sp³-hybridized carbons (Fsp3) is 0.278. The molecule has 0 bridgehead atoms. The van der Waals surface area contributed by atoms with Crippen LogP contribution in [0, 0.1) is 5.82 Å². The van der Waals surface area contributed by atoms with Crippen molar-refractivity contribution >= 4 is 5.97 Å². The lowest BCUT2D eigenvalue weighted by molar-refractivity contribution is -0.157. The SMILES string of the molecule is O=C1OCCN(CCc2ccccc2)[C@@H]1c1ccc(F)cc1. The molecule has 0 aromatic heterocycles. The molecule has 0 saturated carbocycles. The van der Waals surface area contributed by atoms with Crippen LogP contribution in [-0.2, 0) is 16.0 Å². The molecule has 2 aromatic rings. The Morgan fingerprint density at radius 2 is 1.82 bits per heavy atom. The summed E-state index contributed by atoms with van der Waals surface area (Å²) in [6.07, 6.45) is 0.867. The molecule has 0 N–H and O–H groups in total. The number of halogens is 1. The monoisotopic (exact) mass is 299 g/mol. The van der Waals surface area contributed by atoms with Gasteiger partial charge in [-0.2, -0.15) is 0 Å². The van der Waals surface area contributed by atoms with Gasteiger partial charge in [0.05, 0.1) is 0 Å². The molecule has 1 heterocycles. The van der Waals surface area contributed by atoms with E-state index in [2.05, 4.69) is 17.0 Å². The van der Waals surface area contributed by atoms with Gasteiger partial charge in [0.2, 0.25) is 0 Å². The van der Waals surface area contributed by atoms with Crippen LogP contribution in [0.5, 0.6) is 0 Å². The van der Waals surface area contributed by atoms with Crippen LogP contribution in [-0.4, -0.2) is 30.6 Å². The summed E-state index contributed by atoms with van der Waals surface area (Å²) in [5, 5.41) is 0. The molecule has 114 valence electrons. The number of ether oxygens (including phenoxy) is 1. The number of benzene rings is 2. The van der Waals surface area contributed by atoms with Gasteiger partial charge in [-0.3, -0.25) is 4.90 Å². The number of esters is 1. The van der Waals surface area contributed by atoms with Crippen LogP contribution in [0.3, 0.4) is 0 Å². The maximum Gasteiger partial charge on any atom is 0.328 e. The third-order valence-corrected chi connectivity index (χ3v) is 3.93. The van der Waals surface area contributed by atoms with Crippen LogP contribution in [0.25, 0.3) is 0 Å². The first-order chi connectivity index (χ1) is 10.7. The minimum absolute atomic E-state index is 0.258. The van der Waals surface area contributed by atoms with Gasteiger partial charge in [0, 0.05) is 13.1 Å². The third-order valence-electron chi connectivity index (χ3n) is 3.93. The summed E-state index contributed by atoms with van der Waals surface area (Å²) in [4.78, 5) is 14.2. The van der Waals surface area contributed by atoms with Crippen molar-refractivity contribution < 1.29 is 13.9 Å². The van der Waals surface area contributed by atoms with Crippen molar-refractivity contribution in [1.82, 2.24) is 4.90 Å². The van der Waals surface area contributed by atoms with Crippen molar-refractivity contribution in [1.29, 1.82) is 0 Å². The summed E-state index contributed by atoms with van der Waals surface area (Å²) in [6, 6.07) is 15.8. The fourth-order valence-electron chi connectivity index (χ4n) is 2.77. The van der Waals surface area contributed by atoms with Crippen LogP contribution in [0.15, 0.2) is 54.6 Å². The van der Waals surface area contributed by atoms with Crippen molar-refractivity contribution in [3.05, 3.63) is 71.5 Å². The Bertz CT molecular complexity index is 627. The van der Waals surface area contributed by atoms with E-state index in [1.165, 1.54) is 17.7 Å². The maximum absolute atomic E-state index is 13.1. The number of cyclic esters (lactones) is 1. The van der Waals surface area contributed by atoms with E-state index in [0.717, 1.165) is 18.5 Å². The number of morpholine rings is 1. The van der Waals surface area contributed by atoms with Gasteiger partial charge >= 0.3 is 5.97 Å². The Labute approximate surface area is 129 Å². The van der Waals surface area contributed by atoms with E-state index in [1.807, 2.05) is 18.2 Å². The summed E-state index contributed by atoms with van der Waals surface area (Å²) in [5.74, 6) is -0.560. The van der Waals surface area contributed by atoms with Crippen molar-refractivity contribution in [2.75, 3.05) is 19.7 Å². The second-order valence-corrected chi connectivity index (χ2v) is 5.39. The molecule has 0 spiro atoms. The van der Waals surface area contributed by atoms with E-state index < -0.39 is 6.04 Å². The molecule has 1 aliphatic rings. The second kappa shape index (κ2) is 6.71. The van der Waals surface area contributed by atoms with Gasteiger partial charge in [-0.15, -0.1) is 0 Å². The molecule has 2 aromatic carbocycles. The minimum atomic E-state index is -0.446. The summed E-state index contributed by atoms with van der Waals surface area (Å²) >= 11 is 0. The molecule has 1 aliphatic heterocycles. The van der Waals surface area contributed by atoms with Crippen LogP contribution in [0.4, 0.5) is 4.39 Å². The van der Waals surface area contributed by atoms with Crippen LogP contribution >= 0.6 is 0 Å². The number of rotatable bonds is 4. The van der Waals surface area contributed by atoms with Gasteiger partial charge in [-0.25, -0.2) is 9.18 Å². The molecule has 4 heteroatoms. The Kier molecular flexibility index (Phi) is 4.49. The highest BCUT2D eigenvalue weighted by atomic mass is 19.1. The number of hydrogen-bond acceptors (Lipinski definition) is 3.